The van der Waals surface area contributed by atoms with E-state index in [2.05, 4.69) is 18.0 Å². The summed E-state index contributed by atoms with van der Waals surface area (Å²) in [6, 6.07) is 6.02. The lowest BCUT2D eigenvalue weighted by Gasteiger charge is -2.13. The summed E-state index contributed by atoms with van der Waals surface area (Å²) in [5.74, 6) is 0.881. The van der Waals surface area contributed by atoms with Crippen molar-refractivity contribution in [2.45, 2.75) is 19.4 Å². The summed E-state index contributed by atoms with van der Waals surface area (Å²) in [5, 5.41) is 0. The second-order valence-corrected chi connectivity index (χ2v) is 4.59. The van der Waals surface area contributed by atoms with E-state index in [4.69, 9.17) is 10.5 Å². The van der Waals surface area contributed by atoms with E-state index in [0.717, 1.165) is 23.4 Å². The molecule has 0 radical (unpaired) electrons. The lowest BCUT2D eigenvalue weighted by Crippen LogP contribution is -2.14. The minimum atomic E-state index is -0.109. The van der Waals surface area contributed by atoms with Crippen molar-refractivity contribution in [3.63, 3.8) is 0 Å². The Labute approximate surface area is 107 Å². The average molecular weight is 245 g/mol. The molecule has 1 heterocycles. The first-order valence-corrected chi connectivity index (χ1v) is 5.97. The minimum absolute atomic E-state index is 0.109. The highest BCUT2D eigenvalue weighted by atomic mass is 16.5. The van der Waals surface area contributed by atoms with Crippen LogP contribution in [0.5, 0.6) is 5.75 Å². The summed E-state index contributed by atoms with van der Waals surface area (Å²) >= 11 is 0. The molecule has 0 saturated carbocycles. The zero-order valence-electron chi connectivity index (χ0n) is 11.1. The number of rotatable bonds is 4. The van der Waals surface area contributed by atoms with Gasteiger partial charge in [0.25, 0.3) is 0 Å². The van der Waals surface area contributed by atoms with Crippen LogP contribution in [-0.4, -0.2) is 16.7 Å². The van der Waals surface area contributed by atoms with Crippen LogP contribution in [0.3, 0.4) is 0 Å². The van der Waals surface area contributed by atoms with Gasteiger partial charge in [0.2, 0.25) is 0 Å². The van der Waals surface area contributed by atoms with Gasteiger partial charge in [0.05, 0.1) is 25.2 Å². The fraction of sp³-hybridized carbons (Fsp3) is 0.357. The third-order valence-electron chi connectivity index (χ3n) is 2.98. The van der Waals surface area contributed by atoms with E-state index in [1.165, 1.54) is 5.56 Å². The van der Waals surface area contributed by atoms with E-state index < -0.39 is 0 Å². The molecule has 0 aliphatic rings. The van der Waals surface area contributed by atoms with Crippen LogP contribution >= 0.6 is 0 Å². The van der Waals surface area contributed by atoms with Gasteiger partial charge in [0.15, 0.2) is 0 Å². The monoisotopic (exact) mass is 245 g/mol. The highest BCUT2D eigenvalue weighted by Crippen LogP contribution is 2.24. The third kappa shape index (κ3) is 2.71. The molecule has 96 valence electrons. The van der Waals surface area contributed by atoms with Crippen LogP contribution in [0.4, 0.5) is 0 Å². The van der Waals surface area contributed by atoms with Gasteiger partial charge in [-0.25, -0.2) is 4.98 Å². The second kappa shape index (κ2) is 5.23. The zero-order valence-corrected chi connectivity index (χ0v) is 11.1. The van der Waals surface area contributed by atoms with Crippen LogP contribution in [0.15, 0.2) is 30.7 Å². The highest BCUT2D eigenvalue weighted by Gasteiger charge is 2.13. The minimum Gasteiger partial charge on any atom is -0.496 e. The predicted octanol–water partition coefficient (Wildman–Crippen LogP) is 1.98. The number of hydrogen-bond donors (Lipinski definition) is 1. The topological polar surface area (TPSA) is 53.1 Å². The summed E-state index contributed by atoms with van der Waals surface area (Å²) in [5.41, 5.74) is 9.41. The molecular formula is C14H19N3O. The number of aromatic nitrogens is 2. The summed E-state index contributed by atoms with van der Waals surface area (Å²) in [4.78, 5) is 4.29. The Bertz CT molecular complexity index is 534. The summed E-state index contributed by atoms with van der Waals surface area (Å²) < 4.78 is 7.27. The number of nitrogens with two attached hydrogens (primary N) is 1. The Balaban J connectivity index is 2.20. The largest absolute Gasteiger partial charge is 0.496 e. The molecule has 2 N–H and O–H groups in total. The molecule has 1 atom stereocenters. The number of hydrogen-bond acceptors (Lipinski definition) is 3. The molecule has 0 saturated heterocycles. The average Bonchev–Trinajstić information content (AvgIpc) is 2.76. The van der Waals surface area contributed by atoms with Crippen molar-refractivity contribution in [1.29, 1.82) is 0 Å². The number of ether oxygens (including phenoxy) is 1. The van der Waals surface area contributed by atoms with Crippen LogP contribution < -0.4 is 10.5 Å². The molecule has 4 nitrogen and oxygen atoms in total. The molecule has 0 spiro atoms. The highest BCUT2D eigenvalue weighted by molar-refractivity contribution is 5.37. The van der Waals surface area contributed by atoms with Gasteiger partial charge in [0, 0.05) is 13.2 Å². The molecular weight excluding hydrogens is 226 g/mol. The van der Waals surface area contributed by atoms with Gasteiger partial charge in [-0.05, 0) is 25.0 Å². The predicted molar refractivity (Wildman–Crippen MR) is 71.6 cm³/mol. The quantitative estimate of drug-likeness (QED) is 0.896. The van der Waals surface area contributed by atoms with Crippen molar-refractivity contribution >= 4 is 0 Å². The Morgan fingerprint density at radius 2 is 2.22 bits per heavy atom. The summed E-state index contributed by atoms with van der Waals surface area (Å²) in [6.45, 7) is 2.06. The van der Waals surface area contributed by atoms with Gasteiger partial charge in [-0.1, -0.05) is 17.7 Å². The fourth-order valence-electron chi connectivity index (χ4n) is 2.03. The number of imidazole rings is 1. The van der Waals surface area contributed by atoms with Crippen molar-refractivity contribution in [3.05, 3.63) is 47.5 Å². The molecule has 2 rings (SSSR count). The smallest absolute Gasteiger partial charge is 0.122 e. The Kier molecular flexibility index (Phi) is 3.67. The first-order chi connectivity index (χ1) is 8.60. The molecule has 0 aliphatic heterocycles. The lowest BCUT2D eigenvalue weighted by atomic mass is 10.0. The van der Waals surface area contributed by atoms with E-state index in [1.807, 2.05) is 29.9 Å². The lowest BCUT2D eigenvalue weighted by molar-refractivity contribution is 0.408. The van der Waals surface area contributed by atoms with Crippen molar-refractivity contribution in [1.82, 2.24) is 9.55 Å². The number of nitrogens with zero attached hydrogens (tertiary/aromatic N) is 2. The van der Waals surface area contributed by atoms with Crippen LogP contribution in [0, 0.1) is 6.92 Å². The molecule has 1 unspecified atom stereocenters. The van der Waals surface area contributed by atoms with Crippen molar-refractivity contribution in [3.8, 4) is 5.75 Å². The summed E-state index contributed by atoms with van der Waals surface area (Å²) in [6.07, 6.45) is 4.44. The van der Waals surface area contributed by atoms with Gasteiger partial charge in [-0.3, -0.25) is 0 Å². The van der Waals surface area contributed by atoms with Gasteiger partial charge < -0.3 is 15.0 Å². The molecule has 0 aliphatic carbocycles. The molecule has 0 amide bonds. The van der Waals surface area contributed by atoms with Gasteiger partial charge in [0.1, 0.15) is 5.75 Å². The molecule has 0 bridgehead atoms. The van der Waals surface area contributed by atoms with Crippen LogP contribution in [0.2, 0.25) is 0 Å². The first-order valence-electron chi connectivity index (χ1n) is 5.97. The van der Waals surface area contributed by atoms with E-state index in [9.17, 15) is 0 Å². The van der Waals surface area contributed by atoms with E-state index in [-0.39, 0.29) is 6.04 Å². The molecule has 18 heavy (non-hydrogen) atoms. The maximum atomic E-state index is 6.18. The molecule has 0 fully saturated rings. The standard InChI is InChI=1S/C14H19N3O/c1-10-4-5-14(18-3)11(6-10)7-12(15)13-8-17(2)9-16-13/h4-6,8-9,12H,7,15H2,1-3H3. The van der Waals surface area contributed by atoms with E-state index in [0.29, 0.717) is 0 Å². The van der Waals surface area contributed by atoms with Crippen LogP contribution in [0.25, 0.3) is 0 Å². The van der Waals surface area contributed by atoms with Crippen molar-refractivity contribution < 1.29 is 4.74 Å². The Hall–Kier alpha value is -1.81. The van der Waals surface area contributed by atoms with E-state index in [1.54, 1.807) is 13.4 Å². The number of aryl methyl sites for hydroxylation is 2. The molecule has 4 heteroatoms. The number of methoxy groups -OCH3 is 1. The Morgan fingerprint density at radius 1 is 1.44 bits per heavy atom. The normalized spacial score (nSPS) is 12.4. The molecule has 1 aromatic carbocycles. The van der Waals surface area contributed by atoms with E-state index >= 15 is 0 Å². The second-order valence-electron chi connectivity index (χ2n) is 4.59. The fourth-order valence-corrected chi connectivity index (χ4v) is 2.03. The van der Waals surface area contributed by atoms with Crippen LogP contribution in [-0.2, 0) is 13.5 Å². The van der Waals surface area contributed by atoms with Gasteiger partial charge >= 0.3 is 0 Å². The molecule has 2 aromatic rings. The SMILES string of the molecule is COc1ccc(C)cc1CC(N)c1cn(C)cn1. The number of benzene rings is 1. The maximum Gasteiger partial charge on any atom is 0.122 e. The Morgan fingerprint density at radius 3 is 2.83 bits per heavy atom. The van der Waals surface area contributed by atoms with Crippen molar-refractivity contribution in [2.24, 2.45) is 12.8 Å². The maximum absolute atomic E-state index is 6.18. The zero-order chi connectivity index (χ0) is 13.1. The molecule has 1 aromatic heterocycles. The third-order valence-corrected chi connectivity index (χ3v) is 2.98. The first kappa shape index (κ1) is 12.6. The van der Waals surface area contributed by atoms with Crippen molar-refractivity contribution in [2.75, 3.05) is 7.11 Å². The van der Waals surface area contributed by atoms with Crippen LogP contribution in [0.1, 0.15) is 22.9 Å². The summed E-state index contributed by atoms with van der Waals surface area (Å²) in [7, 11) is 3.62. The van der Waals surface area contributed by atoms with Gasteiger partial charge in [-0.15, -0.1) is 0 Å². The van der Waals surface area contributed by atoms with Gasteiger partial charge in [-0.2, -0.15) is 0 Å².